The minimum absolute atomic E-state index is 0.0912. The van der Waals surface area contributed by atoms with Gasteiger partial charge in [-0.3, -0.25) is 14.4 Å². The number of benzene rings is 2. The number of piperazine rings is 1. The number of nitrogens with one attached hydrogen (secondary N) is 1. The monoisotopic (exact) mass is 439 g/mol. The Morgan fingerprint density at radius 2 is 1.56 bits per heavy atom. The van der Waals surface area contributed by atoms with Gasteiger partial charge in [0, 0.05) is 37.3 Å². The zero-order chi connectivity index (χ0) is 23.4. The van der Waals surface area contributed by atoms with E-state index in [9.17, 15) is 18.8 Å². The molecule has 0 spiro atoms. The second kappa shape index (κ2) is 9.94. The summed E-state index contributed by atoms with van der Waals surface area (Å²) >= 11 is 0. The summed E-state index contributed by atoms with van der Waals surface area (Å²) < 4.78 is 13.8. The fraction of sp³-hybridized carbons (Fsp3) is 0.400. The van der Waals surface area contributed by atoms with Crippen LogP contribution in [-0.2, 0) is 4.79 Å². The highest BCUT2D eigenvalue weighted by Crippen LogP contribution is 2.15. The van der Waals surface area contributed by atoms with Crippen molar-refractivity contribution in [1.82, 2.24) is 15.1 Å². The van der Waals surface area contributed by atoms with Crippen molar-refractivity contribution in [3.8, 4) is 0 Å². The van der Waals surface area contributed by atoms with Gasteiger partial charge in [0.05, 0.1) is 0 Å². The number of carbonyl (C=O) groups excluding carboxylic acids is 3. The van der Waals surface area contributed by atoms with Crippen LogP contribution in [0.25, 0.3) is 0 Å². The van der Waals surface area contributed by atoms with Crippen molar-refractivity contribution < 1.29 is 18.8 Å². The lowest BCUT2D eigenvalue weighted by Crippen LogP contribution is -2.57. The first-order chi connectivity index (χ1) is 15.2. The van der Waals surface area contributed by atoms with Gasteiger partial charge < -0.3 is 15.1 Å². The van der Waals surface area contributed by atoms with Gasteiger partial charge in [-0.1, -0.05) is 37.6 Å². The van der Waals surface area contributed by atoms with Gasteiger partial charge in [-0.05, 0) is 49.6 Å². The van der Waals surface area contributed by atoms with E-state index in [2.05, 4.69) is 5.32 Å². The van der Waals surface area contributed by atoms with E-state index in [1.54, 1.807) is 41.0 Å². The maximum atomic E-state index is 13.8. The topological polar surface area (TPSA) is 69.7 Å². The summed E-state index contributed by atoms with van der Waals surface area (Å²) in [7, 11) is 0. The van der Waals surface area contributed by atoms with Gasteiger partial charge in [0.2, 0.25) is 5.91 Å². The van der Waals surface area contributed by atoms with Crippen LogP contribution in [-0.4, -0.2) is 59.7 Å². The highest BCUT2D eigenvalue weighted by molar-refractivity contribution is 5.98. The molecule has 1 heterocycles. The van der Waals surface area contributed by atoms with E-state index in [1.807, 2.05) is 32.9 Å². The predicted molar refractivity (Wildman–Crippen MR) is 121 cm³/mol. The Morgan fingerprint density at radius 1 is 0.906 bits per heavy atom. The Balaban J connectivity index is 1.62. The van der Waals surface area contributed by atoms with Gasteiger partial charge >= 0.3 is 0 Å². The lowest BCUT2D eigenvalue weighted by atomic mass is 10.0. The molecule has 3 amide bonds. The summed E-state index contributed by atoms with van der Waals surface area (Å²) in [5.74, 6) is -1.19. The molecule has 3 rings (SSSR count). The minimum Gasteiger partial charge on any atom is -0.340 e. The number of nitrogens with zero attached hydrogens (tertiary/aromatic N) is 2. The van der Waals surface area contributed by atoms with E-state index in [0.717, 1.165) is 5.56 Å². The molecule has 1 aliphatic rings. The number of hydrogen-bond donors (Lipinski definition) is 1. The number of halogens is 1. The molecule has 7 heteroatoms. The van der Waals surface area contributed by atoms with Gasteiger partial charge in [0.15, 0.2) is 0 Å². The highest BCUT2D eigenvalue weighted by atomic mass is 19.1. The molecule has 32 heavy (non-hydrogen) atoms. The van der Waals surface area contributed by atoms with E-state index in [4.69, 9.17) is 0 Å². The standard InChI is InChI=1S/C25H30FN3O3/c1-16(2)22(27-23(30)19-7-5-6-17(3)14-19)25(32)29-12-10-28(11-13-29)24(31)20-9-8-18(4)21(26)15-20/h5-9,14-16,22H,10-13H2,1-4H3,(H,27,30). The average molecular weight is 440 g/mol. The Labute approximate surface area is 188 Å². The number of hydrogen-bond acceptors (Lipinski definition) is 3. The van der Waals surface area contributed by atoms with Crippen molar-refractivity contribution in [2.45, 2.75) is 33.7 Å². The Bertz CT molecular complexity index is 1010. The fourth-order valence-corrected chi connectivity index (χ4v) is 3.76. The molecule has 0 saturated carbocycles. The summed E-state index contributed by atoms with van der Waals surface area (Å²) in [6, 6.07) is 11.0. The Hall–Kier alpha value is -3.22. The first-order valence-electron chi connectivity index (χ1n) is 10.9. The smallest absolute Gasteiger partial charge is 0.254 e. The molecular weight excluding hydrogens is 409 g/mol. The zero-order valence-corrected chi connectivity index (χ0v) is 19.0. The van der Waals surface area contributed by atoms with Crippen molar-refractivity contribution in [3.63, 3.8) is 0 Å². The predicted octanol–water partition coefficient (Wildman–Crippen LogP) is 3.18. The van der Waals surface area contributed by atoms with E-state index in [1.165, 1.54) is 6.07 Å². The van der Waals surface area contributed by atoms with Crippen LogP contribution in [0.3, 0.4) is 0 Å². The molecule has 1 atom stereocenters. The van der Waals surface area contributed by atoms with Crippen LogP contribution in [0.1, 0.15) is 45.7 Å². The van der Waals surface area contributed by atoms with E-state index in [0.29, 0.717) is 42.9 Å². The molecule has 2 aromatic carbocycles. The van der Waals surface area contributed by atoms with Gasteiger partial charge in [0.1, 0.15) is 11.9 Å². The molecule has 0 aliphatic carbocycles. The molecule has 1 N–H and O–H groups in total. The second-order valence-electron chi connectivity index (χ2n) is 8.65. The maximum absolute atomic E-state index is 13.8. The largest absolute Gasteiger partial charge is 0.340 e. The van der Waals surface area contributed by atoms with Crippen LogP contribution in [0.4, 0.5) is 4.39 Å². The molecule has 6 nitrogen and oxygen atoms in total. The number of aryl methyl sites for hydroxylation is 2. The summed E-state index contributed by atoms with van der Waals surface area (Å²) in [6.45, 7) is 8.79. The third-order valence-electron chi connectivity index (χ3n) is 5.80. The zero-order valence-electron chi connectivity index (χ0n) is 19.0. The van der Waals surface area contributed by atoms with Crippen molar-refractivity contribution >= 4 is 17.7 Å². The average Bonchev–Trinajstić information content (AvgIpc) is 2.78. The van der Waals surface area contributed by atoms with E-state index >= 15 is 0 Å². The fourth-order valence-electron chi connectivity index (χ4n) is 3.76. The molecule has 1 fully saturated rings. The van der Waals surface area contributed by atoms with Crippen LogP contribution in [0, 0.1) is 25.6 Å². The molecule has 0 bridgehead atoms. The lowest BCUT2D eigenvalue weighted by molar-refractivity contribution is -0.135. The van der Waals surface area contributed by atoms with Gasteiger partial charge in [-0.15, -0.1) is 0 Å². The SMILES string of the molecule is Cc1cccc(C(=O)NC(C(=O)N2CCN(C(=O)c3ccc(C)c(F)c3)CC2)C(C)C)c1. The second-order valence-corrected chi connectivity index (χ2v) is 8.65. The summed E-state index contributed by atoms with van der Waals surface area (Å²) in [4.78, 5) is 41.9. The van der Waals surface area contributed by atoms with Crippen LogP contribution in [0.2, 0.25) is 0 Å². The van der Waals surface area contributed by atoms with Gasteiger partial charge in [0.25, 0.3) is 11.8 Å². The molecule has 1 unspecified atom stereocenters. The van der Waals surface area contributed by atoms with Crippen LogP contribution < -0.4 is 5.32 Å². The van der Waals surface area contributed by atoms with Gasteiger partial charge in [-0.25, -0.2) is 4.39 Å². The molecule has 1 saturated heterocycles. The number of rotatable bonds is 5. The van der Waals surface area contributed by atoms with E-state index in [-0.39, 0.29) is 23.6 Å². The summed E-state index contributed by atoms with van der Waals surface area (Å²) in [6.07, 6.45) is 0. The number of amides is 3. The molecular formula is C25H30FN3O3. The Morgan fingerprint density at radius 3 is 2.16 bits per heavy atom. The third-order valence-corrected chi connectivity index (χ3v) is 5.80. The maximum Gasteiger partial charge on any atom is 0.254 e. The quantitative estimate of drug-likeness (QED) is 0.778. The molecule has 0 radical (unpaired) electrons. The van der Waals surface area contributed by atoms with Crippen molar-refractivity contribution in [1.29, 1.82) is 0 Å². The van der Waals surface area contributed by atoms with Crippen LogP contribution in [0.5, 0.6) is 0 Å². The molecule has 170 valence electrons. The molecule has 0 aromatic heterocycles. The van der Waals surface area contributed by atoms with Crippen molar-refractivity contribution in [2.24, 2.45) is 5.92 Å². The molecule has 1 aliphatic heterocycles. The van der Waals surface area contributed by atoms with Crippen LogP contribution in [0.15, 0.2) is 42.5 Å². The van der Waals surface area contributed by atoms with E-state index < -0.39 is 11.9 Å². The summed E-state index contributed by atoms with van der Waals surface area (Å²) in [5.41, 5.74) is 2.28. The van der Waals surface area contributed by atoms with Gasteiger partial charge in [-0.2, -0.15) is 0 Å². The highest BCUT2D eigenvalue weighted by Gasteiger charge is 2.32. The van der Waals surface area contributed by atoms with Crippen molar-refractivity contribution in [3.05, 3.63) is 70.5 Å². The Kier molecular flexibility index (Phi) is 7.28. The first kappa shape index (κ1) is 23.4. The van der Waals surface area contributed by atoms with Crippen LogP contribution >= 0.6 is 0 Å². The first-order valence-corrected chi connectivity index (χ1v) is 10.9. The number of carbonyl (C=O) groups is 3. The molecule has 2 aromatic rings. The summed E-state index contributed by atoms with van der Waals surface area (Å²) in [5, 5.41) is 2.88. The third kappa shape index (κ3) is 5.33. The normalized spacial score (nSPS) is 14.9. The van der Waals surface area contributed by atoms with Crippen molar-refractivity contribution in [2.75, 3.05) is 26.2 Å². The lowest BCUT2D eigenvalue weighted by Gasteiger charge is -2.37. The minimum atomic E-state index is -0.656.